The third-order valence-electron chi connectivity index (χ3n) is 4.26. The van der Waals surface area contributed by atoms with Gasteiger partial charge in [-0.3, -0.25) is 10.3 Å². The lowest BCUT2D eigenvalue weighted by Gasteiger charge is -2.20. The molecule has 0 atom stereocenters. The van der Waals surface area contributed by atoms with Crippen LogP contribution in [0.25, 0.3) is 0 Å². The first-order chi connectivity index (χ1) is 13.3. The minimum atomic E-state index is -0.358. The van der Waals surface area contributed by atoms with Crippen LogP contribution in [0, 0.1) is 0 Å². The fourth-order valence-electron chi connectivity index (χ4n) is 2.64. The van der Waals surface area contributed by atoms with Crippen LogP contribution >= 0.6 is 22.9 Å². The van der Waals surface area contributed by atoms with E-state index in [0.717, 1.165) is 23.3 Å². The normalized spacial score (nSPS) is 11.3. The molecule has 0 saturated heterocycles. The van der Waals surface area contributed by atoms with Gasteiger partial charge in [0.15, 0.2) is 5.13 Å². The monoisotopic (exact) mass is 414 g/mol. The number of carbonyl (C=O) groups is 1. The van der Waals surface area contributed by atoms with Crippen molar-refractivity contribution in [1.82, 2.24) is 9.97 Å². The van der Waals surface area contributed by atoms with E-state index in [0.29, 0.717) is 15.8 Å². The highest BCUT2D eigenvalue weighted by molar-refractivity contribution is 7.15. The molecule has 0 saturated carbocycles. The summed E-state index contributed by atoms with van der Waals surface area (Å²) in [5, 5.41) is 6.66. The largest absolute Gasteiger partial charge is 0.325 e. The van der Waals surface area contributed by atoms with E-state index in [2.05, 4.69) is 41.4 Å². The lowest BCUT2D eigenvalue weighted by atomic mass is 9.87. The number of amides is 2. The van der Waals surface area contributed by atoms with Gasteiger partial charge in [-0.2, -0.15) is 0 Å². The second kappa shape index (κ2) is 8.71. The van der Waals surface area contributed by atoms with Crippen LogP contribution in [-0.2, 0) is 18.3 Å². The topological polar surface area (TPSA) is 66.9 Å². The number of aryl methyl sites for hydroxylation is 2. The van der Waals surface area contributed by atoms with E-state index in [-0.39, 0.29) is 11.4 Å². The molecule has 0 fully saturated rings. The van der Waals surface area contributed by atoms with E-state index >= 15 is 0 Å². The van der Waals surface area contributed by atoms with Gasteiger partial charge >= 0.3 is 6.03 Å². The maximum Gasteiger partial charge on any atom is 0.325 e. The molecular formula is C21H23ClN4OS. The molecule has 0 spiro atoms. The molecule has 146 valence electrons. The molecule has 0 unspecified atom stereocenters. The van der Waals surface area contributed by atoms with Gasteiger partial charge in [0.05, 0.1) is 10.7 Å². The Morgan fingerprint density at radius 1 is 1.11 bits per heavy atom. The fraction of sp³-hybridized carbons (Fsp3) is 0.286. The van der Waals surface area contributed by atoms with Crippen molar-refractivity contribution < 1.29 is 4.79 Å². The van der Waals surface area contributed by atoms with Gasteiger partial charge in [-0.15, -0.1) is 11.3 Å². The summed E-state index contributed by atoms with van der Waals surface area (Å²) >= 11 is 7.71. The summed E-state index contributed by atoms with van der Waals surface area (Å²) in [6.45, 7) is 6.34. The van der Waals surface area contributed by atoms with Gasteiger partial charge in [0.2, 0.25) is 0 Å². The van der Waals surface area contributed by atoms with Gasteiger partial charge in [0.25, 0.3) is 0 Å². The SMILES string of the molecule is CC(C)(C)c1ccc(Cl)c(NC(=O)Nc2ncc(CCc3ccncc3)s2)c1. The predicted octanol–water partition coefficient (Wildman–Crippen LogP) is 5.92. The molecular weight excluding hydrogens is 392 g/mol. The number of nitrogens with zero attached hydrogens (tertiary/aromatic N) is 2. The summed E-state index contributed by atoms with van der Waals surface area (Å²) in [6.07, 6.45) is 7.16. The Morgan fingerprint density at radius 3 is 2.57 bits per heavy atom. The van der Waals surface area contributed by atoms with Crippen molar-refractivity contribution in [2.24, 2.45) is 0 Å². The number of aromatic nitrogens is 2. The second-order valence-corrected chi connectivity index (χ2v) is 9.03. The molecule has 2 N–H and O–H groups in total. The highest BCUT2D eigenvalue weighted by Gasteiger charge is 2.16. The number of urea groups is 1. The molecule has 3 aromatic rings. The molecule has 2 aromatic heterocycles. The Morgan fingerprint density at radius 2 is 1.86 bits per heavy atom. The first kappa shape index (κ1) is 20.3. The third-order valence-corrected chi connectivity index (χ3v) is 5.57. The number of pyridine rings is 1. The van der Waals surface area contributed by atoms with E-state index in [9.17, 15) is 4.79 Å². The van der Waals surface area contributed by atoms with Gasteiger partial charge in [-0.25, -0.2) is 9.78 Å². The van der Waals surface area contributed by atoms with Crippen LogP contribution < -0.4 is 10.6 Å². The average molecular weight is 415 g/mol. The molecule has 2 heterocycles. The first-order valence-electron chi connectivity index (χ1n) is 9.03. The van der Waals surface area contributed by atoms with Crippen LogP contribution in [0.15, 0.2) is 48.9 Å². The van der Waals surface area contributed by atoms with Crippen molar-refractivity contribution in [2.75, 3.05) is 10.6 Å². The van der Waals surface area contributed by atoms with Gasteiger partial charge in [-0.1, -0.05) is 38.4 Å². The zero-order valence-electron chi connectivity index (χ0n) is 16.1. The number of thiazole rings is 1. The second-order valence-electron chi connectivity index (χ2n) is 7.51. The van der Waals surface area contributed by atoms with Crippen molar-refractivity contribution in [3.63, 3.8) is 0 Å². The van der Waals surface area contributed by atoms with Gasteiger partial charge in [0.1, 0.15) is 0 Å². The number of hydrogen-bond donors (Lipinski definition) is 2. The molecule has 5 nitrogen and oxygen atoms in total. The average Bonchev–Trinajstić information content (AvgIpc) is 3.09. The number of anilines is 2. The van der Waals surface area contributed by atoms with Gasteiger partial charge < -0.3 is 5.32 Å². The number of rotatable bonds is 5. The van der Waals surface area contributed by atoms with Crippen molar-refractivity contribution in [3.8, 4) is 0 Å². The first-order valence-corrected chi connectivity index (χ1v) is 10.2. The van der Waals surface area contributed by atoms with Gasteiger partial charge in [-0.05, 0) is 53.6 Å². The number of carbonyl (C=O) groups excluding carboxylic acids is 1. The van der Waals surface area contributed by atoms with Crippen molar-refractivity contribution >= 4 is 39.8 Å². The number of halogens is 1. The molecule has 0 aliphatic rings. The summed E-state index contributed by atoms with van der Waals surface area (Å²) < 4.78 is 0. The minimum Gasteiger partial charge on any atom is -0.306 e. The van der Waals surface area contributed by atoms with Crippen molar-refractivity contribution in [2.45, 2.75) is 39.0 Å². The summed E-state index contributed by atoms with van der Waals surface area (Å²) in [6, 6.07) is 9.33. The fourth-order valence-corrected chi connectivity index (χ4v) is 3.61. The molecule has 28 heavy (non-hydrogen) atoms. The number of nitrogens with one attached hydrogen (secondary N) is 2. The smallest absolute Gasteiger partial charge is 0.306 e. The maximum atomic E-state index is 12.4. The quantitative estimate of drug-likeness (QED) is 0.544. The summed E-state index contributed by atoms with van der Waals surface area (Å²) in [7, 11) is 0. The lowest BCUT2D eigenvalue weighted by molar-refractivity contribution is 0.262. The van der Waals surface area contributed by atoms with E-state index in [1.807, 2.05) is 24.3 Å². The zero-order valence-corrected chi connectivity index (χ0v) is 17.7. The predicted molar refractivity (Wildman–Crippen MR) is 117 cm³/mol. The van der Waals surface area contributed by atoms with E-state index in [1.165, 1.54) is 16.9 Å². The number of benzene rings is 1. The molecule has 0 radical (unpaired) electrons. The van der Waals surface area contributed by atoms with Crippen LogP contribution in [0.4, 0.5) is 15.6 Å². The highest BCUT2D eigenvalue weighted by atomic mass is 35.5. The third kappa shape index (κ3) is 5.53. The van der Waals surface area contributed by atoms with Crippen LogP contribution in [0.3, 0.4) is 0 Å². The Kier molecular flexibility index (Phi) is 6.31. The van der Waals surface area contributed by atoms with Crippen molar-refractivity contribution in [3.05, 3.63) is 69.9 Å². The molecule has 2 amide bonds. The maximum absolute atomic E-state index is 12.4. The molecule has 0 aliphatic heterocycles. The van der Waals surface area contributed by atoms with Crippen LogP contribution in [0.5, 0.6) is 0 Å². The van der Waals surface area contributed by atoms with Crippen molar-refractivity contribution in [1.29, 1.82) is 0 Å². The summed E-state index contributed by atoms with van der Waals surface area (Å²) in [4.78, 5) is 21.8. The Labute approximate surface area is 174 Å². The van der Waals surface area contributed by atoms with Crippen LogP contribution in [-0.4, -0.2) is 16.0 Å². The molecule has 7 heteroatoms. The number of hydrogen-bond acceptors (Lipinski definition) is 4. The van der Waals surface area contributed by atoms with E-state index in [1.54, 1.807) is 24.7 Å². The van der Waals surface area contributed by atoms with Crippen LogP contribution in [0.2, 0.25) is 5.02 Å². The lowest BCUT2D eigenvalue weighted by Crippen LogP contribution is -2.20. The molecule has 0 bridgehead atoms. The van der Waals surface area contributed by atoms with Crippen LogP contribution in [0.1, 0.15) is 36.8 Å². The summed E-state index contributed by atoms with van der Waals surface area (Å²) in [5.41, 5.74) is 2.88. The Bertz CT molecular complexity index is 951. The summed E-state index contributed by atoms with van der Waals surface area (Å²) in [5.74, 6) is 0. The zero-order chi connectivity index (χ0) is 20.1. The molecule has 1 aromatic carbocycles. The minimum absolute atomic E-state index is 0.0312. The van der Waals surface area contributed by atoms with Gasteiger partial charge in [0, 0.05) is 23.5 Å². The molecule has 3 rings (SSSR count). The Hall–Kier alpha value is -2.44. The van der Waals surface area contributed by atoms with E-state index < -0.39 is 0 Å². The highest BCUT2D eigenvalue weighted by Crippen LogP contribution is 2.30. The molecule has 0 aliphatic carbocycles. The van der Waals surface area contributed by atoms with E-state index in [4.69, 9.17) is 11.6 Å². The standard InChI is InChI=1S/C21H23ClN4OS/c1-21(2,3)15-5-7-17(22)18(12-15)25-19(27)26-20-24-13-16(28-20)6-4-14-8-10-23-11-9-14/h5,7-13H,4,6H2,1-3H3,(H2,24,25,26,27). The Balaban J connectivity index is 1.59.